The predicted octanol–water partition coefficient (Wildman–Crippen LogP) is -0.173. The lowest BCUT2D eigenvalue weighted by atomic mass is 10.0. The number of nitrogens with one attached hydrogen (secondary N) is 2. The Hall–Kier alpha value is -2.04. The van der Waals surface area contributed by atoms with E-state index in [1.165, 1.54) is 0 Å². The van der Waals surface area contributed by atoms with Gasteiger partial charge in [-0.3, -0.25) is 10.1 Å². The second kappa shape index (κ2) is 15.8. The molecule has 0 saturated carbocycles. The average molecular weight is 422 g/mol. The van der Waals surface area contributed by atoms with Crippen LogP contribution in [0.25, 0.3) is 0 Å². The summed E-state index contributed by atoms with van der Waals surface area (Å²) in [5, 5.41) is 16.4. The largest absolute Gasteiger partial charge is 0.377 e. The standard InChI is InChI=1S/C21H39N7O2/c22-11-4-13-26-12-1-2-14-27-20(30)19(23)15-18(29)6-3-5-16-7-9-17(10-8-16)28-21(24)25/h7-10,19-20,26-27,30H,1-6,11-15,22-23H2,(H4,24,25,28). The molecule has 1 aromatic rings. The van der Waals surface area contributed by atoms with E-state index >= 15 is 0 Å². The van der Waals surface area contributed by atoms with Crippen LogP contribution in [0.1, 0.15) is 44.1 Å². The monoisotopic (exact) mass is 421 g/mol. The van der Waals surface area contributed by atoms with Crippen LogP contribution >= 0.6 is 0 Å². The zero-order chi connectivity index (χ0) is 22.2. The summed E-state index contributed by atoms with van der Waals surface area (Å²) in [5.74, 6) is 0.0845. The molecule has 0 fully saturated rings. The maximum absolute atomic E-state index is 12.1. The summed E-state index contributed by atoms with van der Waals surface area (Å²) in [6, 6.07) is 6.97. The summed E-state index contributed by atoms with van der Waals surface area (Å²) in [6.45, 7) is 3.23. The zero-order valence-electron chi connectivity index (χ0n) is 17.9. The van der Waals surface area contributed by atoms with E-state index in [4.69, 9.17) is 22.9 Å². The Morgan fingerprint density at radius 1 is 1.03 bits per heavy atom. The molecule has 0 bridgehead atoms. The van der Waals surface area contributed by atoms with Gasteiger partial charge in [0.15, 0.2) is 5.96 Å². The van der Waals surface area contributed by atoms with Crippen LogP contribution in [0.3, 0.4) is 0 Å². The van der Waals surface area contributed by atoms with Crippen LogP contribution in [0.5, 0.6) is 0 Å². The highest BCUT2D eigenvalue weighted by Crippen LogP contribution is 2.14. The van der Waals surface area contributed by atoms with Crippen molar-refractivity contribution in [2.45, 2.75) is 57.2 Å². The Morgan fingerprint density at radius 3 is 2.37 bits per heavy atom. The molecule has 0 spiro atoms. The number of guanidine groups is 1. The third-order valence-corrected chi connectivity index (χ3v) is 4.68. The molecule has 0 aromatic heterocycles. The van der Waals surface area contributed by atoms with Gasteiger partial charge in [0.05, 0.1) is 11.7 Å². The number of carbonyl (C=O) groups is 1. The number of rotatable bonds is 17. The number of nitrogens with zero attached hydrogens (tertiary/aromatic N) is 1. The van der Waals surface area contributed by atoms with Crippen LogP contribution in [0.2, 0.25) is 0 Å². The number of aliphatic hydroxyl groups excluding tert-OH is 1. The first kappa shape index (κ1) is 26.0. The molecule has 0 heterocycles. The molecule has 0 aliphatic rings. The van der Waals surface area contributed by atoms with Crippen LogP contribution < -0.4 is 33.6 Å². The van der Waals surface area contributed by atoms with Gasteiger partial charge in [-0.05, 0) is 76.0 Å². The number of nitrogens with two attached hydrogens (primary N) is 4. The van der Waals surface area contributed by atoms with Crippen molar-refractivity contribution in [2.24, 2.45) is 27.9 Å². The van der Waals surface area contributed by atoms with Crippen molar-refractivity contribution in [2.75, 3.05) is 26.2 Å². The highest BCUT2D eigenvalue weighted by molar-refractivity contribution is 5.79. The minimum absolute atomic E-state index is 0.0247. The molecule has 0 aliphatic carbocycles. The molecule has 0 aliphatic heterocycles. The van der Waals surface area contributed by atoms with Crippen LogP contribution in [0, 0.1) is 0 Å². The first-order valence-corrected chi connectivity index (χ1v) is 10.7. The second-order valence-electron chi connectivity index (χ2n) is 7.46. The number of ketones is 1. The predicted molar refractivity (Wildman–Crippen MR) is 122 cm³/mol. The number of aliphatic hydroxyl groups is 1. The van der Waals surface area contributed by atoms with Gasteiger partial charge >= 0.3 is 0 Å². The summed E-state index contributed by atoms with van der Waals surface area (Å²) >= 11 is 0. The second-order valence-corrected chi connectivity index (χ2v) is 7.46. The van der Waals surface area contributed by atoms with Gasteiger partial charge in [0, 0.05) is 12.8 Å². The van der Waals surface area contributed by atoms with Gasteiger partial charge in [-0.1, -0.05) is 12.1 Å². The van der Waals surface area contributed by atoms with E-state index < -0.39 is 12.3 Å². The summed E-state index contributed by atoms with van der Waals surface area (Å²) in [5.41, 5.74) is 23.9. The van der Waals surface area contributed by atoms with E-state index in [2.05, 4.69) is 15.6 Å². The molecule has 11 N–H and O–H groups in total. The van der Waals surface area contributed by atoms with E-state index in [1.807, 2.05) is 24.3 Å². The van der Waals surface area contributed by atoms with Crippen molar-refractivity contribution in [1.29, 1.82) is 0 Å². The quantitative estimate of drug-likeness (QED) is 0.0784. The van der Waals surface area contributed by atoms with Gasteiger partial charge in [0.25, 0.3) is 0 Å². The normalized spacial score (nSPS) is 13.0. The Labute approximate surface area is 179 Å². The fourth-order valence-corrected chi connectivity index (χ4v) is 2.98. The fourth-order valence-electron chi connectivity index (χ4n) is 2.98. The van der Waals surface area contributed by atoms with Crippen LogP contribution in [-0.4, -0.2) is 55.3 Å². The molecule has 0 saturated heterocycles. The molecular formula is C21H39N7O2. The van der Waals surface area contributed by atoms with Crippen molar-refractivity contribution >= 4 is 17.4 Å². The van der Waals surface area contributed by atoms with Crippen molar-refractivity contribution in [1.82, 2.24) is 10.6 Å². The molecular weight excluding hydrogens is 382 g/mol. The lowest BCUT2D eigenvalue weighted by Gasteiger charge is -2.19. The van der Waals surface area contributed by atoms with Gasteiger partial charge in [0.1, 0.15) is 12.0 Å². The molecule has 170 valence electrons. The number of Topliss-reactive ketones (excluding diaryl/α,β-unsaturated/α-hetero) is 1. The molecule has 9 heteroatoms. The molecule has 1 rings (SSSR count). The van der Waals surface area contributed by atoms with Gasteiger partial charge in [-0.2, -0.15) is 0 Å². The topological polar surface area (TPSA) is 178 Å². The van der Waals surface area contributed by atoms with Crippen molar-refractivity contribution in [3.63, 3.8) is 0 Å². The highest BCUT2D eigenvalue weighted by Gasteiger charge is 2.17. The number of hydrogen-bond donors (Lipinski definition) is 7. The van der Waals surface area contributed by atoms with Crippen LogP contribution in [0.4, 0.5) is 5.69 Å². The third kappa shape index (κ3) is 12.5. The molecule has 9 nitrogen and oxygen atoms in total. The Bertz CT molecular complexity index is 618. The molecule has 2 unspecified atom stereocenters. The third-order valence-electron chi connectivity index (χ3n) is 4.68. The maximum Gasteiger partial charge on any atom is 0.191 e. The van der Waals surface area contributed by atoms with Crippen molar-refractivity contribution < 1.29 is 9.90 Å². The number of unbranched alkanes of at least 4 members (excludes halogenated alkanes) is 1. The number of hydrogen-bond acceptors (Lipinski definition) is 7. The maximum atomic E-state index is 12.1. The Morgan fingerprint density at radius 2 is 1.70 bits per heavy atom. The fraction of sp³-hybridized carbons (Fsp3) is 0.619. The van der Waals surface area contributed by atoms with Gasteiger partial charge in [0.2, 0.25) is 0 Å². The van der Waals surface area contributed by atoms with Crippen molar-refractivity contribution in [3.8, 4) is 0 Å². The number of benzene rings is 1. The van der Waals surface area contributed by atoms with Gasteiger partial charge in [-0.15, -0.1) is 0 Å². The lowest BCUT2D eigenvalue weighted by Crippen LogP contribution is -2.46. The van der Waals surface area contributed by atoms with Crippen molar-refractivity contribution in [3.05, 3.63) is 29.8 Å². The van der Waals surface area contributed by atoms with E-state index in [9.17, 15) is 9.90 Å². The minimum atomic E-state index is -0.873. The van der Waals surface area contributed by atoms with E-state index in [1.54, 1.807) is 0 Å². The number of carbonyl (C=O) groups excluding carboxylic acids is 1. The number of aliphatic imine (C=N–C) groups is 1. The Kier molecular flexibility index (Phi) is 13.7. The van der Waals surface area contributed by atoms with E-state index in [-0.39, 0.29) is 18.2 Å². The van der Waals surface area contributed by atoms with Crippen LogP contribution in [0.15, 0.2) is 29.3 Å². The van der Waals surface area contributed by atoms with Gasteiger partial charge < -0.3 is 33.4 Å². The summed E-state index contributed by atoms with van der Waals surface area (Å²) in [6.07, 6.45) is 4.15. The minimum Gasteiger partial charge on any atom is -0.377 e. The summed E-state index contributed by atoms with van der Waals surface area (Å²) in [4.78, 5) is 16.1. The van der Waals surface area contributed by atoms with Crippen LogP contribution in [-0.2, 0) is 11.2 Å². The van der Waals surface area contributed by atoms with Gasteiger partial charge in [-0.25, -0.2) is 4.99 Å². The summed E-state index contributed by atoms with van der Waals surface area (Å²) < 4.78 is 0. The van der Waals surface area contributed by atoms with E-state index in [0.29, 0.717) is 25.2 Å². The molecule has 30 heavy (non-hydrogen) atoms. The number of aryl methyl sites for hydroxylation is 1. The smallest absolute Gasteiger partial charge is 0.191 e. The summed E-state index contributed by atoms with van der Waals surface area (Å²) in [7, 11) is 0. The first-order chi connectivity index (χ1) is 14.4. The molecule has 2 atom stereocenters. The zero-order valence-corrected chi connectivity index (χ0v) is 17.9. The molecule has 0 radical (unpaired) electrons. The lowest BCUT2D eigenvalue weighted by molar-refractivity contribution is -0.120. The van der Waals surface area contributed by atoms with E-state index in [0.717, 1.165) is 50.8 Å². The molecule has 0 amide bonds. The Balaban J connectivity index is 2.14. The average Bonchev–Trinajstić information content (AvgIpc) is 2.70. The highest BCUT2D eigenvalue weighted by atomic mass is 16.3. The first-order valence-electron chi connectivity index (χ1n) is 10.7. The molecule has 1 aromatic carbocycles. The SMILES string of the molecule is NCCCNCCCCNC(O)C(N)CC(=O)CCCc1ccc(N=C(N)N)cc1.